The van der Waals surface area contributed by atoms with Crippen LogP contribution in [0, 0.1) is 0 Å². The highest BCUT2D eigenvalue weighted by atomic mass is 32.3. The largest absolute Gasteiger partial charge is 0.397 e. The maximum atomic E-state index is 10.3. The van der Waals surface area contributed by atoms with Crippen molar-refractivity contribution in [2.75, 3.05) is 6.61 Å². The van der Waals surface area contributed by atoms with Crippen molar-refractivity contribution in [2.24, 2.45) is 5.73 Å². The van der Waals surface area contributed by atoms with Gasteiger partial charge >= 0.3 is 10.4 Å². The third-order valence-corrected chi connectivity index (χ3v) is 2.20. The van der Waals surface area contributed by atoms with Crippen LogP contribution in [0.15, 0.2) is 0 Å². The number of aliphatic hydroxyl groups excluding tert-OH is 3. The normalized spacial score (nSPS) is 19.8. The first-order valence-corrected chi connectivity index (χ1v) is 5.43. The van der Waals surface area contributed by atoms with Gasteiger partial charge in [-0.25, -0.2) is 4.18 Å². The Morgan fingerprint density at radius 2 is 1.81 bits per heavy atom. The van der Waals surface area contributed by atoms with E-state index >= 15 is 0 Å². The lowest BCUT2D eigenvalue weighted by Crippen LogP contribution is -2.51. The fourth-order valence-corrected chi connectivity index (χ4v) is 1.37. The average molecular weight is 259 g/mol. The molecule has 0 aromatic carbocycles. The van der Waals surface area contributed by atoms with Crippen LogP contribution in [-0.2, 0) is 19.4 Å². The second kappa shape index (κ2) is 6.20. The zero-order valence-corrected chi connectivity index (χ0v) is 8.82. The van der Waals surface area contributed by atoms with Crippen molar-refractivity contribution < 1.29 is 37.3 Å². The molecular weight excluding hydrogens is 246 g/mol. The molecule has 0 heterocycles. The van der Waals surface area contributed by atoms with Crippen LogP contribution in [-0.4, -0.2) is 65.5 Å². The summed E-state index contributed by atoms with van der Waals surface area (Å²) < 4.78 is 32.7. The number of aldehydes is 1. The van der Waals surface area contributed by atoms with Crippen molar-refractivity contribution in [3.05, 3.63) is 0 Å². The van der Waals surface area contributed by atoms with Crippen LogP contribution in [0.4, 0.5) is 0 Å². The molecule has 0 spiro atoms. The molecule has 4 atom stereocenters. The van der Waals surface area contributed by atoms with Gasteiger partial charge in [0, 0.05) is 0 Å². The highest BCUT2D eigenvalue weighted by molar-refractivity contribution is 7.80. The van der Waals surface area contributed by atoms with Crippen molar-refractivity contribution in [1.82, 2.24) is 0 Å². The molecule has 0 bridgehead atoms. The van der Waals surface area contributed by atoms with Gasteiger partial charge in [0.15, 0.2) is 0 Å². The van der Waals surface area contributed by atoms with Crippen molar-refractivity contribution in [1.29, 1.82) is 0 Å². The first kappa shape index (κ1) is 15.4. The van der Waals surface area contributed by atoms with Gasteiger partial charge in [0.05, 0.1) is 12.6 Å². The zero-order chi connectivity index (χ0) is 12.9. The Balaban J connectivity index is 4.64. The molecule has 0 aliphatic rings. The van der Waals surface area contributed by atoms with Gasteiger partial charge < -0.3 is 25.8 Å². The number of carbonyl (C=O) groups is 1. The number of aliphatic hydroxyl groups is 3. The fraction of sp³-hybridized carbons (Fsp3) is 0.833. The van der Waals surface area contributed by atoms with E-state index in [0.717, 1.165) is 0 Å². The van der Waals surface area contributed by atoms with Crippen molar-refractivity contribution >= 4 is 16.7 Å². The van der Waals surface area contributed by atoms with Crippen molar-refractivity contribution in [3.63, 3.8) is 0 Å². The smallest absolute Gasteiger partial charge is 0.394 e. The predicted octanol–water partition coefficient (Wildman–Crippen LogP) is -3.59. The molecule has 10 heteroatoms. The van der Waals surface area contributed by atoms with E-state index in [1.165, 1.54) is 0 Å². The highest BCUT2D eigenvalue weighted by Gasteiger charge is 2.33. The third-order valence-electron chi connectivity index (χ3n) is 1.71. The molecule has 0 radical (unpaired) electrons. The summed E-state index contributed by atoms with van der Waals surface area (Å²) in [6.07, 6.45) is -5.49. The summed E-state index contributed by atoms with van der Waals surface area (Å²) in [4.78, 5) is 10.2. The highest BCUT2D eigenvalue weighted by Crippen LogP contribution is 2.08. The summed E-state index contributed by atoms with van der Waals surface area (Å²) >= 11 is 0. The Bertz CT molecular complexity index is 316. The number of hydrogen-bond acceptors (Lipinski definition) is 8. The summed E-state index contributed by atoms with van der Waals surface area (Å²) in [6.45, 7) is -1.01. The van der Waals surface area contributed by atoms with Gasteiger partial charge in [-0.05, 0) is 0 Å². The molecule has 96 valence electrons. The lowest BCUT2D eigenvalue weighted by Gasteiger charge is -2.25. The Morgan fingerprint density at radius 1 is 1.31 bits per heavy atom. The van der Waals surface area contributed by atoms with Gasteiger partial charge in [-0.2, -0.15) is 8.42 Å². The number of hydrogen-bond donors (Lipinski definition) is 5. The Labute approximate surface area is 91.4 Å². The van der Waals surface area contributed by atoms with E-state index in [9.17, 15) is 23.4 Å². The molecule has 6 N–H and O–H groups in total. The van der Waals surface area contributed by atoms with Crippen LogP contribution in [0.3, 0.4) is 0 Å². The van der Waals surface area contributed by atoms with Gasteiger partial charge in [-0.15, -0.1) is 0 Å². The summed E-state index contributed by atoms with van der Waals surface area (Å²) in [7, 11) is -4.91. The van der Waals surface area contributed by atoms with Gasteiger partial charge in [0.1, 0.15) is 24.6 Å². The summed E-state index contributed by atoms with van der Waals surface area (Å²) in [5, 5.41) is 27.2. The summed E-state index contributed by atoms with van der Waals surface area (Å²) in [5.41, 5.74) is 5.05. The number of carbonyl (C=O) groups excluding carboxylic acids is 1. The van der Waals surface area contributed by atoms with Crippen LogP contribution in [0.2, 0.25) is 0 Å². The fourth-order valence-electron chi connectivity index (χ4n) is 0.880. The number of rotatable bonds is 7. The topological polar surface area (TPSA) is 167 Å². The second-order valence-corrected chi connectivity index (χ2v) is 3.99. The summed E-state index contributed by atoms with van der Waals surface area (Å²) in [6, 6.07) is -1.48. The van der Waals surface area contributed by atoms with Crippen molar-refractivity contribution in [2.45, 2.75) is 24.4 Å². The monoisotopic (exact) mass is 259 g/mol. The van der Waals surface area contributed by atoms with Crippen LogP contribution in [0.5, 0.6) is 0 Å². The minimum atomic E-state index is -4.91. The van der Waals surface area contributed by atoms with E-state index in [0.29, 0.717) is 0 Å². The maximum Gasteiger partial charge on any atom is 0.397 e. The minimum Gasteiger partial charge on any atom is -0.394 e. The van der Waals surface area contributed by atoms with E-state index < -0.39 is 41.4 Å². The summed E-state index contributed by atoms with van der Waals surface area (Å²) in [5.74, 6) is 0. The molecule has 0 amide bonds. The van der Waals surface area contributed by atoms with Gasteiger partial charge in [0.25, 0.3) is 0 Å². The molecule has 16 heavy (non-hydrogen) atoms. The second-order valence-electron chi connectivity index (χ2n) is 2.94. The minimum absolute atomic E-state index is 0.121. The quantitative estimate of drug-likeness (QED) is 0.229. The molecule has 0 rings (SSSR count). The number of nitrogens with two attached hydrogens (primary N) is 1. The standard InChI is InChI=1S/C6H13NO8S/c7-3(1-8)5(10)6(11)4(2-9)15-16(12,13)14/h1,3-6,9-11H,2,7H2,(H,12,13,14)/t3-,4+,5+,6-/m0/s1. The van der Waals surface area contributed by atoms with Gasteiger partial charge in [-0.1, -0.05) is 0 Å². The molecule has 0 saturated carbocycles. The Kier molecular flexibility index (Phi) is 5.96. The molecule has 0 aromatic rings. The lowest BCUT2D eigenvalue weighted by atomic mass is 10.0. The predicted molar refractivity (Wildman–Crippen MR) is 49.6 cm³/mol. The van der Waals surface area contributed by atoms with E-state index in [-0.39, 0.29) is 6.29 Å². The first-order valence-electron chi connectivity index (χ1n) is 4.06. The van der Waals surface area contributed by atoms with Crippen LogP contribution < -0.4 is 5.73 Å². The molecule has 0 aliphatic carbocycles. The zero-order valence-electron chi connectivity index (χ0n) is 8.00. The van der Waals surface area contributed by atoms with Crippen molar-refractivity contribution in [3.8, 4) is 0 Å². The van der Waals surface area contributed by atoms with E-state index in [1.54, 1.807) is 0 Å². The molecule has 0 aromatic heterocycles. The van der Waals surface area contributed by atoms with Crippen LogP contribution in [0.1, 0.15) is 0 Å². The Hall–Kier alpha value is -0.620. The van der Waals surface area contributed by atoms with E-state index in [1.807, 2.05) is 0 Å². The molecule has 0 saturated heterocycles. The maximum absolute atomic E-state index is 10.3. The Morgan fingerprint density at radius 3 is 2.12 bits per heavy atom. The molecule has 0 fully saturated rings. The molecular formula is C6H13NO8S. The van der Waals surface area contributed by atoms with E-state index in [4.69, 9.17) is 15.4 Å². The van der Waals surface area contributed by atoms with Gasteiger partial charge in [-0.3, -0.25) is 4.55 Å². The van der Waals surface area contributed by atoms with Crippen LogP contribution in [0.25, 0.3) is 0 Å². The first-order chi connectivity index (χ1) is 7.22. The van der Waals surface area contributed by atoms with E-state index in [2.05, 4.69) is 4.18 Å². The average Bonchev–Trinajstić information content (AvgIpc) is 2.21. The SMILES string of the molecule is N[C@@H](C=O)[C@@H](O)[C@@H](O)[C@@H](CO)OS(=O)(=O)O. The molecule has 9 nitrogen and oxygen atoms in total. The molecule has 0 unspecified atom stereocenters. The van der Waals surface area contributed by atoms with Crippen LogP contribution >= 0.6 is 0 Å². The molecule has 0 aliphatic heterocycles. The van der Waals surface area contributed by atoms with Gasteiger partial charge in [0.2, 0.25) is 0 Å². The third kappa shape index (κ3) is 4.94. The lowest BCUT2D eigenvalue weighted by molar-refractivity contribution is -0.117.